The number of hydrogen-bond donors (Lipinski definition) is 0. The van der Waals surface area contributed by atoms with E-state index in [1.807, 2.05) is 0 Å². The van der Waals surface area contributed by atoms with Crippen LogP contribution in [0.25, 0.3) is 0 Å². The smallest absolute Gasteiger partial charge is 0.231 e. The molecule has 0 aromatic heterocycles. The summed E-state index contributed by atoms with van der Waals surface area (Å²) in [5.74, 6) is 1.98. The SMILES string of the molecule is O=C(COCC1CCCC1)c1ccc2c(c1)OCO2. The molecule has 19 heavy (non-hydrogen) atoms. The fourth-order valence-corrected chi connectivity index (χ4v) is 2.65. The summed E-state index contributed by atoms with van der Waals surface area (Å²) in [6.45, 7) is 1.08. The van der Waals surface area contributed by atoms with Gasteiger partial charge >= 0.3 is 0 Å². The number of Topliss-reactive ketones (excluding diaryl/α,β-unsaturated/α-hetero) is 1. The van der Waals surface area contributed by atoms with Gasteiger partial charge in [-0.3, -0.25) is 4.79 Å². The van der Waals surface area contributed by atoms with Gasteiger partial charge in [0.15, 0.2) is 17.3 Å². The molecule has 0 bridgehead atoms. The molecule has 0 saturated heterocycles. The minimum Gasteiger partial charge on any atom is -0.454 e. The van der Waals surface area contributed by atoms with Crippen molar-refractivity contribution in [2.75, 3.05) is 20.0 Å². The molecule has 0 N–H and O–H groups in total. The molecule has 1 aromatic carbocycles. The first-order valence-electron chi connectivity index (χ1n) is 6.83. The van der Waals surface area contributed by atoms with Gasteiger partial charge in [-0.15, -0.1) is 0 Å². The average molecular weight is 262 g/mol. The molecule has 1 saturated carbocycles. The van der Waals surface area contributed by atoms with E-state index in [0.717, 1.165) is 0 Å². The maximum atomic E-state index is 12.0. The first-order chi connectivity index (χ1) is 9.33. The molecule has 2 aliphatic rings. The fourth-order valence-electron chi connectivity index (χ4n) is 2.65. The Hall–Kier alpha value is -1.55. The van der Waals surface area contributed by atoms with E-state index in [4.69, 9.17) is 14.2 Å². The van der Waals surface area contributed by atoms with Gasteiger partial charge in [-0.2, -0.15) is 0 Å². The molecule has 0 radical (unpaired) electrons. The van der Waals surface area contributed by atoms with Crippen LogP contribution in [0.4, 0.5) is 0 Å². The highest BCUT2D eigenvalue weighted by atomic mass is 16.7. The number of benzene rings is 1. The van der Waals surface area contributed by atoms with Crippen molar-refractivity contribution in [1.29, 1.82) is 0 Å². The summed E-state index contributed by atoms with van der Waals surface area (Å²) in [5.41, 5.74) is 0.621. The predicted molar refractivity (Wildman–Crippen MR) is 69.7 cm³/mol. The Balaban J connectivity index is 1.52. The van der Waals surface area contributed by atoms with Crippen LogP contribution in [0, 0.1) is 5.92 Å². The molecule has 0 spiro atoms. The summed E-state index contributed by atoms with van der Waals surface area (Å²) in [5, 5.41) is 0. The predicted octanol–water partition coefficient (Wildman–Crippen LogP) is 2.80. The molecule has 1 heterocycles. The maximum Gasteiger partial charge on any atom is 0.231 e. The number of rotatable bonds is 5. The van der Waals surface area contributed by atoms with Crippen molar-refractivity contribution < 1.29 is 19.0 Å². The number of carbonyl (C=O) groups excluding carboxylic acids is 1. The first kappa shape index (κ1) is 12.5. The fraction of sp³-hybridized carbons (Fsp3) is 0.533. The monoisotopic (exact) mass is 262 g/mol. The van der Waals surface area contributed by atoms with Crippen LogP contribution < -0.4 is 9.47 Å². The molecule has 3 rings (SSSR count). The summed E-state index contributed by atoms with van der Waals surface area (Å²) in [6.07, 6.45) is 5.06. The molecular formula is C15H18O4. The molecule has 4 heteroatoms. The third kappa shape index (κ3) is 2.89. The zero-order chi connectivity index (χ0) is 13.1. The van der Waals surface area contributed by atoms with Crippen LogP contribution in [0.15, 0.2) is 18.2 Å². The van der Waals surface area contributed by atoms with Gasteiger partial charge in [-0.05, 0) is 37.0 Å². The highest BCUT2D eigenvalue weighted by Crippen LogP contribution is 2.32. The Morgan fingerprint density at radius 1 is 1.21 bits per heavy atom. The second kappa shape index (κ2) is 5.61. The zero-order valence-corrected chi connectivity index (χ0v) is 10.9. The van der Waals surface area contributed by atoms with Crippen LogP contribution in [0.3, 0.4) is 0 Å². The molecule has 1 aromatic rings. The Labute approximate surface area is 112 Å². The molecule has 0 atom stereocenters. The van der Waals surface area contributed by atoms with E-state index in [-0.39, 0.29) is 19.2 Å². The molecule has 102 valence electrons. The second-order valence-electron chi connectivity index (χ2n) is 5.16. The van der Waals surface area contributed by atoms with Gasteiger partial charge in [-0.1, -0.05) is 12.8 Å². The lowest BCUT2D eigenvalue weighted by Crippen LogP contribution is -2.13. The third-order valence-electron chi connectivity index (χ3n) is 3.76. The molecule has 4 nitrogen and oxygen atoms in total. The van der Waals surface area contributed by atoms with Crippen molar-refractivity contribution in [2.45, 2.75) is 25.7 Å². The lowest BCUT2D eigenvalue weighted by molar-refractivity contribution is 0.0681. The molecule has 1 aliphatic heterocycles. The Morgan fingerprint density at radius 2 is 2.00 bits per heavy atom. The summed E-state index contributed by atoms with van der Waals surface area (Å²) in [6, 6.07) is 5.25. The minimum atomic E-state index is -0.00343. The highest BCUT2D eigenvalue weighted by molar-refractivity contribution is 5.97. The molecule has 0 unspecified atom stereocenters. The van der Waals surface area contributed by atoms with Gasteiger partial charge in [0.05, 0.1) is 6.61 Å². The first-order valence-corrected chi connectivity index (χ1v) is 6.83. The van der Waals surface area contributed by atoms with Gasteiger partial charge in [0.25, 0.3) is 0 Å². The Kier molecular flexibility index (Phi) is 3.69. The maximum absolute atomic E-state index is 12.0. The van der Waals surface area contributed by atoms with Crippen molar-refractivity contribution in [1.82, 2.24) is 0 Å². The average Bonchev–Trinajstić information content (AvgIpc) is 3.08. The third-order valence-corrected chi connectivity index (χ3v) is 3.76. The van der Waals surface area contributed by atoms with Gasteiger partial charge in [0.2, 0.25) is 6.79 Å². The van der Waals surface area contributed by atoms with Crippen LogP contribution in [-0.4, -0.2) is 25.8 Å². The van der Waals surface area contributed by atoms with E-state index in [1.165, 1.54) is 25.7 Å². The minimum absolute atomic E-state index is 0.00343. The number of fused-ring (bicyclic) bond motifs is 1. The van der Waals surface area contributed by atoms with Crippen LogP contribution in [-0.2, 0) is 4.74 Å². The van der Waals surface area contributed by atoms with E-state index in [1.54, 1.807) is 18.2 Å². The number of carbonyl (C=O) groups is 1. The standard InChI is InChI=1S/C15H18O4/c16-13(9-17-8-11-3-1-2-4-11)12-5-6-14-15(7-12)19-10-18-14/h5-7,11H,1-4,8-10H2. The number of hydrogen-bond acceptors (Lipinski definition) is 4. The van der Waals surface area contributed by atoms with E-state index in [2.05, 4.69) is 0 Å². The number of ether oxygens (including phenoxy) is 3. The summed E-state index contributed by atoms with van der Waals surface area (Å²) in [7, 11) is 0. The van der Waals surface area contributed by atoms with E-state index >= 15 is 0 Å². The van der Waals surface area contributed by atoms with Crippen molar-refractivity contribution >= 4 is 5.78 Å². The Bertz CT molecular complexity index is 463. The zero-order valence-electron chi connectivity index (χ0n) is 10.9. The van der Waals surface area contributed by atoms with Gasteiger partial charge in [0, 0.05) is 5.56 Å². The quantitative estimate of drug-likeness (QED) is 0.765. The van der Waals surface area contributed by atoms with Crippen molar-refractivity contribution in [2.24, 2.45) is 5.92 Å². The molecular weight excluding hydrogens is 244 g/mol. The van der Waals surface area contributed by atoms with Gasteiger partial charge in [-0.25, -0.2) is 0 Å². The van der Waals surface area contributed by atoms with Crippen LogP contribution >= 0.6 is 0 Å². The molecule has 0 amide bonds. The highest BCUT2D eigenvalue weighted by Gasteiger charge is 2.18. The second-order valence-corrected chi connectivity index (χ2v) is 5.16. The van der Waals surface area contributed by atoms with Crippen LogP contribution in [0.5, 0.6) is 11.5 Å². The largest absolute Gasteiger partial charge is 0.454 e. The summed E-state index contributed by atoms with van der Waals surface area (Å²) in [4.78, 5) is 12.0. The van der Waals surface area contributed by atoms with Crippen molar-refractivity contribution in [3.8, 4) is 11.5 Å². The normalized spacial score (nSPS) is 17.9. The summed E-state index contributed by atoms with van der Waals surface area (Å²) < 4.78 is 16.0. The van der Waals surface area contributed by atoms with Crippen LogP contribution in [0.1, 0.15) is 36.0 Å². The van der Waals surface area contributed by atoms with Crippen molar-refractivity contribution in [3.63, 3.8) is 0 Å². The topological polar surface area (TPSA) is 44.8 Å². The summed E-state index contributed by atoms with van der Waals surface area (Å²) >= 11 is 0. The number of ketones is 1. The molecule has 1 aliphatic carbocycles. The van der Waals surface area contributed by atoms with E-state index in [9.17, 15) is 4.79 Å². The van der Waals surface area contributed by atoms with Gasteiger partial charge < -0.3 is 14.2 Å². The lowest BCUT2D eigenvalue weighted by atomic mass is 10.1. The van der Waals surface area contributed by atoms with Crippen molar-refractivity contribution in [3.05, 3.63) is 23.8 Å². The Morgan fingerprint density at radius 3 is 2.84 bits per heavy atom. The van der Waals surface area contributed by atoms with E-state index < -0.39 is 0 Å². The van der Waals surface area contributed by atoms with E-state index in [0.29, 0.717) is 29.6 Å². The lowest BCUT2D eigenvalue weighted by Gasteiger charge is -2.09. The van der Waals surface area contributed by atoms with Crippen LogP contribution in [0.2, 0.25) is 0 Å². The molecule has 1 fully saturated rings. The van der Waals surface area contributed by atoms with Gasteiger partial charge in [0.1, 0.15) is 6.61 Å².